The Hall–Kier alpha value is -6.92. The van der Waals surface area contributed by atoms with Gasteiger partial charge in [0.05, 0.1) is 0 Å². The van der Waals surface area contributed by atoms with Crippen LogP contribution in [0.4, 0.5) is 0 Å². The molecule has 0 atom stereocenters. The van der Waals surface area contributed by atoms with E-state index in [1.807, 2.05) is 103 Å². The van der Waals surface area contributed by atoms with Gasteiger partial charge in [-0.05, 0) is 52.2 Å². The predicted molar refractivity (Wildman–Crippen MR) is 199 cm³/mol. The Kier molecular flexibility index (Phi) is 6.39. The Morgan fingerprint density at radius 3 is 1.84 bits per heavy atom. The van der Waals surface area contributed by atoms with Crippen molar-refractivity contribution in [2.45, 2.75) is 0 Å². The molecule has 0 saturated carbocycles. The van der Waals surface area contributed by atoms with Crippen LogP contribution in [-0.2, 0) is 0 Å². The largest absolute Gasteiger partial charge is 0.456 e. The van der Waals surface area contributed by atoms with Gasteiger partial charge in [0.25, 0.3) is 0 Å². The lowest BCUT2D eigenvalue weighted by Crippen LogP contribution is -2.01. The average molecular weight is 643 g/mol. The maximum atomic E-state index is 6.43. The summed E-state index contributed by atoms with van der Waals surface area (Å²) in [5.74, 6) is 2.31. The second kappa shape index (κ2) is 11.4. The summed E-state index contributed by atoms with van der Waals surface area (Å²) in [5.41, 5.74) is 8.57. The van der Waals surface area contributed by atoms with E-state index in [2.05, 4.69) is 54.6 Å². The minimum Gasteiger partial charge on any atom is -0.456 e. The SMILES string of the molecule is c1ccc(-c2nc3cc4c(cc3o2)oc2cccc(-c3nc(-c5ccc6ccccc6c5)nc(-c5ccccc5-c5ccccc5)n3)c24)cc1. The third-order valence-corrected chi connectivity index (χ3v) is 9.16. The topological polar surface area (TPSA) is 77.8 Å². The number of nitrogens with zero attached hydrogens (tertiary/aromatic N) is 4. The third-order valence-electron chi connectivity index (χ3n) is 9.16. The summed E-state index contributed by atoms with van der Waals surface area (Å²) in [6.07, 6.45) is 0. The van der Waals surface area contributed by atoms with Crippen molar-refractivity contribution in [2.24, 2.45) is 0 Å². The van der Waals surface area contributed by atoms with Gasteiger partial charge in [0.2, 0.25) is 5.89 Å². The van der Waals surface area contributed by atoms with Gasteiger partial charge in [-0.1, -0.05) is 121 Å². The molecular formula is C44H26N4O2. The summed E-state index contributed by atoms with van der Waals surface area (Å²) in [6, 6.07) is 53.1. The van der Waals surface area contributed by atoms with Crippen LogP contribution < -0.4 is 0 Å². The summed E-state index contributed by atoms with van der Waals surface area (Å²) >= 11 is 0. The molecule has 0 aliphatic carbocycles. The Morgan fingerprint density at radius 2 is 1.02 bits per heavy atom. The number of fused-ring (bicyclic) bond motifs is 5. The highest BCUT2D eigenvalue weighted by Gasteiger charge is 2.21. The van der Waals surface area contributed by atoms with Crippen molar-refractivity contribution >= 4 is 43.8 Å². The second-order valence-corrected chi connectivity index (χ2v) is 12.3. The zero-order valence-corrected chi connectivity index (χ0v) is 26.6. The molecule has 50 heavy (non-hydrogen) atoms. The van der Waals surface area contributed by atoms with Gasteiger partial charge in [-0.2, -0.15) is 0 Å². The maximum Gasteiger partial charge on any atom is 0.227 e. The van der Waals surface area contributed by atoms with Crippen LogP contribution in [0.25, 0.3) is 101 Å². The van der Waals surface area contributed by atoms with Crippen LogP contribution in [0.2, 0.25) is 0 Å². The van der Waals surface area contributed by atoms with Gasteiger partial charge in [-0.25, -0.2) is 19.9 Å². The summed E-state index contributed by atoms with van der Waals surface area (Å²) in [6.45, 7) is 0. The lowest BCUT2D eigenvalue weighted by atomic mass is 9.99. The Labute approximate surface area is 286 Å². The fraction of sp³-hybridized carbons (Fsp3) is 0. The van der Waals surface area contributed by atoms with E-state index in [0.29, 0.717) is 34.5 Å². The van der Waals surface area contributed by atoms with E-state index in [1.54, 1.807) is 0 Å². The molecule has 6 nitrogen and oxygen atoms in total. The summed E-state index contributed by atoms with van der Waals surface area (Å²) in [4.78, 5) is 20.3. The molecule has 0 aliphatic rings. The molecule has 10 aromatic rings. The average Bonchev–Trinajstić information content (AvgIpc) is 3.78. The molecule has 0 aliphatic heterocycles. The first-order chi connectivity index (χ1) is 24.7. The monoisotopic (exact) mass is 642 g/mol. The maximum absolute atomic E-state index is 6.43. The van der Waals surface area contributed by atoms with E-state index >= 15 is 0 Å². The molecule has 6 heteroatoms. The lowest BCUT2D eigenvalue weighted by Gasteiger charge is -2.12. The fourth-order valence-electron chi connectivity index (χ4n) is 6.76. The molecule has 0 fully saturated rings. The molecule has 0 bridgehead atoms. The molecule has 0 N–H and O–H groups in total. The van der Waals surface area contributed by atoms with Gasteiger partial charge in [0, 0.05) is 39.1 Å². The molecule has 3 aromatic heterocycles. The summed E-state index contributed by atoms with van der Waals surface area (Å²) < 4.78 is 12.6. The van der Waals surface area contributed by atoms with Gasteiger partial charge in [-0.3, -0.25) is 0 Å². The number of hydrogen-bond donors (Lipinski definition) is 0. The highest BCUT2D eigenvalue weighted by molar-refractivity contribution is 6.14. The first-order valence-electron chi connectivity index (χ1n) is 16.5. The number of rotatable bonds is 5. The van der Waals surface area contributed by atoms with Crippen molar-refractivity contribution in [1.82, 2.24) is 19.9 Å². The quantitative estimate of drug-likeness (QED) is 0.186. The minimum atomic E-state index is 0.555. The highest BCUT2D eigenvalue weighted by Crippen LogP contribution is 2.40. The van der Waals surface area contributed by atoms with E-state index in [0.717, 1.165) is 66.0 Å². The molecule has 0 radical (unpaired) electrons. The van der Waals surface area contributed by atoms with E-state index in [1.165, 1.54) is 0 Å². The van der Waals surface area contributed by atoms with E-state index < -0.39 is 0 Å². The number of aromatic nitrogens is 4. The zero-order valence-electron chi connectivity index (χ0n) is 26.6. The van der Waals surface area contributed by atoms with Gasteiger partial charge in [0.1, 0.15) is 16.7 Å². The van der Waals surface area contributed by atoms with E-state index in [4.69, 9.17) is 28.8 Å². The molecule has 7 aromatic carbocycles. The molecule has 3 heterocycles. The van der Waals surface area contributed by atoms with Crippen LogP contribution in [-0.4, -0.2) is 19.9 Å². The Balaban J connectivity index is 1.21. The van der Waals surface area contributed by atoms with Gasteiger partial charge >= 0.3 is 0 Å². The van der Waals surface area contributed by atoms with Crippen LogP contribution in [0.3, 0.4) is 0 Å². The van der Waals surface area contributed by atoms with Crippen LogP contribution in [0.5, 0.6) is 0 Å². The van der Waals surface area contributed by atoms with Gasteiger partial charge in [-0.15, -0.1) is 0 Å². The predicted octanol–water partition coefficient (Wildman–Crippen LogP) is 11.4. The van der Waals surface area contributed by atoms with Crippen molar-refractivity contribution in [1.29, 1.82) is 0 Å². The smallest absolute Gasteiger partial charge is 0.227 e. The van der Waals surface area contributed by atoms with Crippen LogP contribution in [0.1, 0.15) is 0 Å². The standard InChI is InChI=1S/C44H26N4O2/c1-3-13-28(14-4-1)32-18-9-10-19-33(32)42-46-41(31-23-22-27-12-7-8-17-30(27)24-31)47-43(48-42)34-20-11-21-37-40(34)35-25-36-39(26-38(35)49-37)50-44(45-36)29-15-5-2-6-16-29/h1-26H. The minimum absolute atomic E-state index is 0.555. The normalized spacial score (nSPS) is 11.6. The highest BCUT2D eigenvalue weighted by atomic mass is 16.4. The van der Waals surface area contributed by atoms with E-state index in [9.17, 15) is 0 Å². The first-order valence-corrected chi connectivity index (χ1v) is 16.5. The van der Waals surface area contributed by atoms with Gasteiger partial charge in [0.15, 0.2) is 23.1 Å². The molecule has 0 saturated heterocycles. The molecule has 10 rings (SSSR count). The number of oxazole rings is 1. The molecule has 0 amide bonds. The van der Waals surface area contributed by atoms with Crippen molar-refractivity contribution < 1.29 is 8.83 Å². The van der Waals surface area contributed by atoms with Crippen molar-refractivity contribution in [3.63, 3.8) is 0 Å². The molecule has 234 valence electrons. The van der Waals surface area contributed by atoms with Crippen molar-refractivity contribution in [3.8, 4) is 56.7 Å². The first kappa shape index (κ1) is 28.1. The van der Waals surface area contributed by atoms with E-state index in [-0.39, 0.29) is 0 Å². The fourth-order valence-corrected chi connectivity index (χ4v) is 6.76. The molecule has 0 spiro atoms. The molecule has 0 unspecified atom stereocenters. The zero-order chi connectivity index (χ0) is 33.0. The molecular weight excluding hydrogens is 617 g/mol. The number of hydrogen-bond acceptors (Lipinski definition) is 6. The Bertz CT molecular complexity index is 2880. The Morgan fingerprint density at radius 1 is 0.360 bits per heavy atom. The van der Waals surface area contributed by atoms with Crippen LogP contribution >= 0.6 is 0 Å². The lowest BCUT2D eigenvalue weighted by molar-refractivity contribution is 0.617. The van der Waals surface area contributed by atoms with Crippen LogP contribution in [0.15, 0.2) is 167 Å². The van der Waals surface area contributed by atoms with Crippen LogP contribution in [0, 0.1) is 0 Å². The van der Waals surface area contributed by atoms with Crippen molar-refractivity contribution in [2.75, 3.05) is 0 Å². The second-order valence-electron chi connectivity index (χ2n) is 12.3. The van der Waals surface area contributed by atoms with Gasteiger partial charge < -0.3 is 8.83 Å². The summed E-state index contributed by atoms with van der Waals surface area (Å²) in [5, 5.41) is 4.10. The summed E-state index contributed by atoms with van der Waals surface area (Å²) in [7, 11) is 0. The van der Waals surface area contributed by atoms with Crippen molar-refractivity contribution in [3.05, 3.63) is 158 Å². The number of furan rings is 1. The number of benzene rings is 7. The third kappa shape index (κ3) is 4.73.